The van der Waals surface area contributed by atoms with Gasteiger partial charge in [-0.1, -0.05) is 0 Å². The summed E-state index contributed by atoms with van der Waals surface area (Å²) in [6.07, 6.45) is 2.07. The zero-order valence-electron chi connectivity index (χ0n) is 5.26. The van der Waals surface area contributed by atoms with Gasteiger partial charge in [0.15, 0.2) is 0 Å². The second kappa shape index (κ2) is 1.82. The highest BCUT2D eigenvalue weighted by Crippen LogP contribution is 1.99. The SMILES string of the molecule is O=C1C2=NC=NC2=NC=[N+]1[O-]. The summed E-state index contributed by atoms with van der Waals surface area (Å²) in [4.78, 5) is 21.7. The number of rotatable bonds is 0. The van der Waals surface area contributed by atoms with Crippen LogP contribution in [-0.2, 0) is 4.79 Å². The molecule has 54 valence electrons. The summed E-state index contributed by atoms with van der Waals surface area (Å²) in [6.45, 7) is 0. The number of hydrogen-bond donors (Lipinski definition) is 0. The molecule has 0 fully saturated rings. The second-order valence-electron chi connectivity index (χ2n) is 1.92. The molecule has 2 aliphatic heterocycles. The van der Waals surface area contributed by atoms with E-state index in [1.165, 1.54) is 6.34 Å². The molecular formula is C5H2N4O2. The lowest BCUT2D eigenvalue weighted by molar-refractivity contribution is -0.369. The summed E-state index contributed by atoms with van der Waals surface area (Å²) in [6, 6.07) is 0. The lowest BCUT2D eigenvalue weighted by atomic mass is 10.3. The maximum Gasteiger partial charge on any atom is 0.368 e. The third-order valence-corrected chi connectivity index (χ3v) is 1.27. The lowest BCUT2D eigenvalue weighted by Crippen LogP contribution is -2.32. The van der Waals surface area contributed by atoms with Crippen molar-refractivity contribution in [1.82, 2.24) is 0 Å². The second-order valence-corrected chi connectivity index (χ2v) is 1.92. The number of hydrogen-bond acceptors (Lipinski definition) is 5. The van der Waals surface area contributed by atoms with Crippen molar-refractivity contribution >= 4 is 30.1 Å². The van der Waals surface area contributed by atoms with Crippen LogP contribution in [0.5, 0.6) is 0 Å². The van der Waals surface area contributed by atoms with E-state index in [0.717, 1.165) is 6.34 Å². The van der Waals surface area contributed by atoms with Crippen molar-refractivity contribution in [2.45, 2.75) is 0 Å². The minimum absolute atomic E-state index is 0.0162. The zero-order chi connectivity index (χ0) is 7.84. The number of nitrogens with zero attached hydrogens (tertiary/aromatic N) is 4. The molecule has 0 aliphatic carbocycles. The summed E-state index contributed by atoms with van der Waals surface area (Å²) in [5.41, 5.74) is 0.0162. The molecule has 6 nitrogen and oxygen atoms in total. The van der Waals surface area contributed by atoms with E-state index in [1.807, 2.05) is 0 Å². The highest BCUT2D eigenvalue weighted by atomic mass is 16.5. The van der Waals surface area contributed by atoms with Gasteiger partial charge < -0.3 is 5.21 Å². The molecule has 2 rings (SSSR count). The number of aliphatic imine (C=N–C) groups is 3. The highest BCUT2D eigenvalue weighted by Gasteiger charge is 2.30. The van der Waals surface area contributed by atoms with Crippen LogP contribution in [0, 0.1) is 5.21 Å². The Morgan fingerprint density at radius 2 is 2.27 bits per heavy atom. The van der Waals surface area contributed by atoms with Crippen molar-refractivity contribution in [2.24, 2.45) is 15.0 Å². The molecular weight excluding hydrogens is 148 g/mol. The van der Waals surface area contributed by atoms with E-state index in [0.29, 0.717) is 0 Å². The molecule has 0 saturated carbocycles. The summed E-state index contributed by atoms with van der Waals surface area (Å²) in [5.74, 6) is -0.505. The van der Waals surface area contributed by atoms with Crippen molar-refractivity contribution in [1.29, 1.82) is 0 Å². The average molecular weight is 150 g/mol. The monoisotopic (exact) mass is 150 g/mol. The predicted molar refractivity (Wildman–Crippen MR) is 38.1 cm³/mol. The van der Waals surface area contributed by atoms with Gasteiger partial charge in [-0.25, -0.2) is 9.79 Å². The Kier molecular flexibility index (Phi) is 0.974. The van der Waals surface area contributed by atoms with Crippen molar-refractivity contribution < 1.29 is 9.53 Å². The Morgan fingerprint density at radius 1 is 1.45 bits per heavy atom. The standard InChI is InChI=1S/C5H2N4O2/c10-5-3-4(7-1-6-3)8-2-9(5)11/h1-2H. The van der Waals surface area contributed by atoms with Crippen LogP contribution in [0.1, 0.15) is 0 Å². The minimum atomic E-state index is -0.715. The minimum Gasteiger partial charge on any atom is -0.708 e. The normalized spacial score (nSPS) is 20.7. The van der Waals surface area contributed by atoms with Crippen molar-refractivity contribution in [3.63, 3.8) is 0 Å². The Balaban J connectivity index is 2.54. The number of fused-ring (bicyclic) bond motifs is 1. The van der Waals surface area contributed by atoms with E-state index in [-0.39, 0.29) is 16.3 Å². The molecule has 1 amide bonds. The first-order valence-corrected chi connectivity index (χ1v) is 2.81. The molecule has 0 aromatic heterocycles. The summed E-state index contributed by atoms with van der Waals surface area (Å²) in [7, 11) is 0. The maximum atomic E-state index is 10.9. The Hall–Kier alpha value is -1.85. The van der Waals surface area contributed by atoms with Gasteiger partial charge in [-0.15, -0.1) is 0 Å². The molecule has 0 atom stereocenters. The number of amides is 1. The first kappa shape index (κ1) is 5.90. The molecule has 0 bridgehead atoms. The van der Waals surface area contributed by atoms with Gasteiger partial charge in [0.1, 0.15) is 6.34 Å². The van der Waals surface area contributed by atoms with E-state index >= 15 is 0 Å². The first-order valence-electron chi connectivity index (χ1n) is 2.81. The third kappa shape index (κ3) is 0.689. The number of carbonyl (C=O) groups excluding carboxylic acids is 1. The summed E-state index contributed by atoms with van der Waals surface area (Å²) >= 11 is 0. The van der Waals surface area contributed by atoms with Crippen LogP contribution in [0.15, 0.2) is 15.0 Å². The molecule has 0 unspecified atom stereocenters. The number of carbonyl (C=O) groups is 1. The van der Waals surface area contributed by atoms with Gasteiger partial charge in [0, 0.05) is 0 Å². The topological polar surface area (TPSA) is 80.2 Å². The van der Waals surface area contributed by atoms with Crippen LogP contribution in [0.25, 0.3) is 0 Å². The highest BCUT2D eigenvalue weighted by molar-refractivity contribution is 6.68. The van der Waals surface area contributed by atoms with Gasteiger partial charge in [0.05, 0.1) is 0 Å². The predicted octanol–water partition coefficient (Wildman–Crippen LogP) is -1.05. The van der Waals surface area contributed by atoms with E-state index in [4.69, 9.17) is 0 Å². The van der Waals surface area contributed by atoms with Gasteiger partial charge in [-0.2, -0.15) is 9.73 Å². The van der Waals surface area contributed by atoms with Crippen LogP contribution >= 0.6 is 0 Å². The molecule has 0 saturated heterocycles. The van der Waals surface area contributed by atoms with Crippen LogP contribution in [0.2, 0.25) is 0 Å². The van der Waals surface area contributed by atoms with E-state index < -0.39 is 5.91 Å². The molecule has 2 aliphatic rings. The fourth-order valence-corrected chi connectivity index (χ4v) is 0.769. The largest absolute Gasteiger partial charge is 0.708 e. The van der Waals surface area contributed by atoms with E-state index in [1.54, 1.807) is 0 Å². The molecule has 0 radical (unpaired) electrons. The Morgan fingerprint density at radius 3 is 3.09 bits per heavy atom. The lowest BCUT2D eigenvalue weighted by Gasteiger charge is -2.05. The number of hydroxylamine groups is 1. The smallest absolute Gasteiger partial charge is 0.368 e. The fraction of sp³-hybridized carbons (Fsp3) is 0. The van der Waals surface area contributed by atoms with Crippen molar-refractivity contribution in [2.75, 3.05) is 0 Å². The van der Waals surface area contributed by atoms with Crippen LogP contribution < -0.4 is 0 Å². The van der Waals surface area contributed by atoms with Gasteiger partial charge in [-0.3, -0.25) is 0 Å². The third-order valence-electron chi connectivity index (χ3n) is 1.27. The van der Waals surface area contributed by atoms with Gasteiger partial charge >= 0.3 is 11.7 Å². The Bertz CT molecular complexity index is 349. The molecule has 0 N–H and O–H groups in total. The zero-order valence-corrected chi connectivity index (χ0v) is 5.26. The molecule has 0 aromatic carbocycles. The summed E-state index contributed by atoms with van der Waals surface area (Å²) < 4.78 is 0.122. The van der Waals surface area contributed by atoms with Gasteiger partial charge in [-0.05, 0) is 4.99 Å². The fourth-order valence-electron chi connectivity index (χ4n) is 0.769. The quantitative estimate of drug-likeness (QED) is 0.326. The average Bonchev–Trinajstić information content (AvgIpc) is 2.45. The summed E-state index contributed by atoms with van der Waals surface area (Å²) in [5, 5.41) is 10.6. The van der Waals surface area contributed by atoms with Gasteiger partial charge in [0.2, 0.25) is 5.71 Å². The maximum absolute atomic E-state index is 10.9. The van der Waals surface area contributed by atoms with Crippen LogP contribution in [0.4, 0.5) is 0 Å². The molecule has 0 aromatic rings. The van der Waals surface area contributed by atoms with E-state index in [9.17, 15) is 10.0 Å². The van der Waals surface area contributed by atoms with Crippen molar-refractivity contribution in [3.8, 4) is 0 Å². The van der Waals surface area contributed by atoms with Crippen LogP contribution in [0.3, 0.4) is 0 Å². The molecule has 6 heteroatoms. The first-order chi connectivity index (χ1) is 5.29. The van der Waals surface area contributed by atoms with Crippen molar-refractivity contribution in [3.05, 3.63) is 5.21 Å². The number of amidine groups is 1. The van der Waals surface area contributed by atoms with Gasteiger partial charge in [0.25, 0.3) is 6.34 Å². The van der Waals surface area contributed by atoms with E-state index in [2.05, 4.69) is 15.0 Å². The molecule has 11 heavy (non-hydrogen) atoms. The molecule has 2 heterocycles. The Labute approximate surface area is 60.9 Å². The molecule has 0 spiro atoms. The van der Waals surface area contributed by atoms with Crippen LogP contribution in [-0.4, -0.2) is 34.9 Å².